The van der Waals surface area contributed by atoms with Crippen molar-refractivity contribution in [1.29, 1.82) is 0 Å². The summed E-state index contributed by atoms with van der Waals surface area (Å²) in [5, 5.41) is -2.43. The highest BCUT2D eigenvalue weighted by molar-refractivity contribution is 6.84. The summed E-state index contributed by atoms with van der Waals surface area (Å²) in [4.78, 5) is 0. The highest BCUT2D eigenvalue weighted by Crippen LogP contribution is 2.78. The van der Waals surface area contributed by atoms with Gasteiger partial charge in [0.1, 0.15) is 5.38 Å². The van der Waals surface area contributed by atoms with E-state index in [4.69, 9.17) is 313 Å². The summed E-state index contributed by atoms with van der Waals surface area (Å²) in [6, 6.07) is 0. The maximum Gasteiger partial charge on any atom is 0.189 e. The van der Waals surface area contributed by atoms with Crippen LogP contribution in [0, 0.1) is 0 Å². The summed E-state index contributed by atoms with van der Waals surface area (Å²) in [6.07, 6.45) is 0. The smallest absolute Gasteiger partial charge is 0.116 e. The molecule has 0 aromatic heterocycles. The fourth-order valence-electron chi connectivity index (χ4n) is 2.74. The first-order valence-electron chi connectivity index (χ1n) is 8.71. The van der Waals surface area contributed by atoms with Gasteiger partial charge in [0, 0.05) is 0 Å². The van der Waals surface area contributed by atoms with Crippen molar-refractivity contribution in [1.82, 2.24) is 0 Å². The molecule has 0 aromatic rings. The maximum absolute atomic E-state index is 6.45. The molecule has 0 aromatic carbocycles. The van der Waals surface area contributed by atoms with Crippen LogP contribution in [0.25, 0.3) is 0 Å². The predicted molar refractivity (Wildman–Crippen MR) is 197 cm³/mol. The Labute approximate surface area is 369 Å². The van der Waals surface area contributed by atoms with E-state index in [1.807, 2.05) is 0 Å². The van der Waals surface area contributed by atoms with Crippen molar-refractivity contribution < 1.29 is 0 Å². The van der Waals surface area contributed by atoms with Gasteiger partial charge in [-0.05, 0) is 0 Å². The van der Waals surface area contributed by atoms with E-state index in [2.05, 4.69) is 0 Å². The SMILES string of the molecule is ClC1C(Cl)(Cl)C(Cl)(Cl)C(Cl)(Cl)C(Cl)(Cl)C(Cl)(Cl)C(Cl)(Cl)C(Cl)(Cl)C(Cl)(Cl)C(Cl)(Cl)C(Cl)(Cl)C(Cl)(Cl)C(Cl)(Cl)C1(Cl)Cl. The summed E-state index contributed by atoms with van der Waals surface area (Å²) in [7, 11) is 0. The molecule has 0 spiro atoms. The van der Waals surface area contributed by atoms with Crippen molar-refractivity contribution in [2.75, 3.05) is 0 Å². The van der Waals surface area contributed by atoms with E-state index < -0.39 is 61.7 Å². The van der Waals surface area contributed by atoms with Gasteiger partial charge in [-0.3, -0.25) is 0 Å². The molecular weight excluding hydrogens is 1130 g/mol. The minimum Gasteiger partial charge on any atom is -0.116 e. The lowest BCUT2D eigenvalue weighted by molar-refractivity contribution is 0.378. The second kappa shape index (κ2) is 13.3. The Morgan fingerprint density at radius 1 is 0.195 bits per heavy atom. The Morgan fingerprint density at radius 3 is 0.415 bits per heavy atom. The molecule has 0 aliphatic heterocycles. The molecule has 0 atom stereocenters. The Hall–Kier alpha value is 7.83. The molecule has 1 rings (SSSR count). The number of halogens is 27. The molecule has 0 bridgehead atoms. The van der Waals surface area contributed by atoms with Crippen molar-refractivity contribution in [2.45, 2.75) is 61.7 Å². The lowest BCUT2D eigenvalue weighted by atomic mass is 9.94. The first kappa shape index (κ1) is 46.9. The number of rotatable bonds is 0. The van der Waals surface area contributed by atoms with Gasteiger partial charge < -0.3 is 0 Å². The molecule has 0 N–H and O–H groups in total. The fourth-order valence-corrected chi connectivity index (χ4v) is 13.0. The quantitative estimate of drug-likeness (QED) is 0.212. The van der Waals surface area contributed by atoms with Crippen LogP contribution in [0.2, 0.25) is 0 Å². The molecule has 246 valence electrons. The minimum atomic E-state index is -3.39. The molecule has 1 aliphatic carbocycles. The van der Waals surface area contributed by atoms with Gasteiger partial charge in [0.2, 0.25) is 0 Å². The van der Waals surface area contributed by atoms with Crippen LogP contribution in [0.4, 0.5) is 0 Å². The Kier molecular flexibility index (Phi) is 15.2. The average molecular weight is 1130 g/mol. The first-order valence-corrected chi connectivity index (χ1v) is 19.0. The number of hydrogen-bond donors (Lipinski definition) is 0. The molecule has 1 fully saturated rings. The van der Waals surface area contributed by atoms with Gasteiger partial charge in [-0.15, -0.1) is 11.6 Å². The fraction of sp³-hybridized carbons (Fsp3) is 1.00. The Bertz CT molecular complexity index is 935. The van der Waals surface area contributed by atoms with E-state index >= 15 is 0 Å². The lowest BCUT2D eigenvalue weighted by Crippen LogP contribution is -2.77. The van der Waals surface area contributed by atoms with Crippen LogP contribution in [-0.2, 0) is 0 Å². The zero-order valence-electron chi connectivity index (χ0n) is 17.3. The average Bonchev–Trinajstić information content (AvgIpc) is 2.75. The molecule has 0 saturated heterocycles. The van der Waals surface area contributed by atoms with Crippen LogP contribution in [0.1, 0.15) is 0 Å². The molecule has 0 amide bonds. The van der Waals surface area contributed by atoms with Crippen molar-refractivity contribution in [3.63, 3.8) is 0 Å². The summed E-state index contributed by atoms with van der Waals surface area (Å²) in [5.41, 5.74) is 0. The van der Waals surface area contributed by atoms with E-state index in [0.717, 1.165) is 0 Å². The van der Waals surface area contributed by atoms with Gasteiger partial charge in [0.15, 0.2) is 56.3 Å². The highest BCUT2D eigenvalue weighted by Gasteiger charge is 2.87. The van der Waals surface area contributed by atoms with Crippen LogP contribution < -0.4 is 0 Å². The van der Waals surface area contributed by atoms with E-state index in [9.17, 15) is 0 Å². The lowest BCUT2D eigenvalue weighted by Gasteiger charge is -2.59. The van der Waals surface area contributed by atoms with Crippen molar-refractivity contribution >= 4 is 313 Å². The van der Waals surface area contributed by atoms with E-state index in [1.165, 1.54) is 0 Å². The third-order valence-corrected chi connectivity index (χ3v) is 25.7. The monoisotopic (exact) mass is 1110 g/mol. The second-order valence-electron chi connectivity index (χ2n) is 7.93. The third kappa shape index (κ3) is 6.15. The van der Waals surface area contributed by atoms with Crippen molar-refractivity contribution in [2.24, 2.45) is 0 Å². The van der Waals surface area contributed by atoms with Crippen molar-refractivity contribution in [3.8, 4) is 0 Å². The summed E-state index contributed by atoms with van der Waals surface area (Å²) >= 11 is 174. The van der Waals surface area contributed by atoms with Gasteiger partial charge in [0.25, 0.3) is 0 Å². The zero-order chi connectivity index (χ0) is 34.1. The van der Waals surface area contributed by atoms with Gasteiger partial charge >= 0.3 is 0 Å². The second-order valence-corrected chi connectivity index (χ2v) is 25.7. The van der Waals surface area contributed by atoms with Crippen molar-refractivity contribution in [3.05, 3.63) is 0 Å². The molecule has 1 saturated carbocycles. The summed E-state index contributed by atoms with van der Waals surface area (Å²) in [6.45, 7) is 0. The van der Waals surface area contributed by atoms with Crippen LogP contribution in [-0.4, -0.2) is 61.7 Å². The molecule has 0 heterocycles. The van der Waals surface area contributed by atoms with Gasteiger partial charge in [-0.1, -0.05) is 302 Å². The maximum atomic E-state index is 6.45. The largest absolute Gasteiger partial charge is 0.189 e. The Balaban J connectivity index is 4.61. The third-order valence-electron chi connectivity index (χ3n) is 5.42. The number of alkyl halides is 27. The van der Waals surface area contributed by atoms with Crippen LogP contribution >= 0.6 is 313 Å². The number of hydrogen-bond acceptors (Lipinski definition) is 0. The van der Waals surface area contributed by atoms with E-state index in [-0.39, 0.29) is 0 Å². The van der Waals surface area contributed by atoms with Crippen LogP contribution in [0.5, 0.6) is 0 Å². The van der Waals surface area contributed by atoms with Gasteiger partial charge in [-0.2, -0.15) is 0 Å². The van der Waals surface area contributed by atoms with Crippen LogP contribution in [0.3, 0.4) is 0 Å². The molecule has 1 aliphatic rings. The molecule has 41 heavy (non-hydrogen) atoms. The van der Waals surface area contributed by atoms with E-state index in [0.29, 0.717) is 0 Å². The molecular formula is C14HCl27. The standard InChI is InChI=1S/C14HCl27/c15-1-2(16,17)4(20,21)6(24,25)8(28,29)10(32,33)12(36,37)14(40,41)13(38,39)11(34,35)9(30,31)7(26,27)5(22,23)3(1,18)19/h1H. The Morgan fingerprint density at radius 2 is 0.293 bits per heavy atom. The molecule has 0 nitrogen and oxygen atoms in total. The molecule has 27 heteroatoms. The normalized spacial score (nSPS) is 33.7. The van der Waals surface area contributed by atoms with Gasteiger partial charge in [-0.25, -0.2) is 0 Å². The molecule has 0 unspecified atom stereocenters. The van der Waals surface area contributed by atoms with E-state index in [1.54, 1.807) is 0 Å². The molecule has 0 radical (unpaired) electrons. The zero-order valence-corrected chi connectivity index (χ0v) is 37.7. The predicted octanol–water partition coefficient (Wildman–Crippen LogP) is 15.9. The minimum absolute atomic E-state index is 2.43. The highest BCUT2D eigenvalue weighted by atomic mass is 35.6. The van der Waals surface area contributed by atoms with Gasteiger partial charge in [0.05, 0.1) is 0 Å². The summed E-state index contributed by atoms with van der Waals surface area (Å²) < 4.78 is -43.0. The summed E-state index contributed by atoms with van der Waals surface area (Å²) in [5.74, 6) is 0. The first-order chi connectivity index (χ1) is 17.2. The van der Waals surface area contributed by atoms with Crippen LogP contribution in [0.15, 0.2) is 0 Å². The topological polar surface area (TPSA) is 0 Å².